The maximum atomic E-state index is 4.01. The quantitative estimate of drug-likeness (QED) is 0.452. The topological polar surface area (TPSA) is 19.4 Å². The molecule has 32 heavy (non-hydrogen) atoms. The summed E-state index contributed by atoms with van der Waals surface area (Å²) in [6, 6.07) is 11.9. The van der Waals surface area contributed by atoms with E-state index in [4.69, 9.17) is 0 Å². The average molecular weight is 452 g/mol. The number of aryl methyl sites for hydroxylation is 1. The summed E-state index contributed by atoms with van der Waals surface area (Å²) in [5.41, 5.74) is 5.87. The van der Waals surface area contributed by atoms with Gasteiger partial charge in [-0.2, -0.15) is 0 Å². The molecule has 0 fully saturated rings. The van der Waals surface area contributed by atoms with E-state index >= 15 is 0 Å². The molecule has 3 nitrogen and oxygen atoms in total. The van der Waals surface area contributed by atoms with E-state index in [1.165, 1.54) is 61.1 Å². The standard InChI is InChI=1S/C20H29NS.C8H12N2/c1-4-16(3)21-14-15(2)9-10-19-13-18(11-12-20(19)22-21)17-7-5-6-8-17;1-10(2)7-8-4-3-5-9-6-8/h7,11-13,15-16H,4-6,8-10,14H2,1-3H3;3-6H,7H2,1-2H3. The smallest absolute Gasteiger partial charge is 0.0312 e. The zero-order valence-corrected chi connectivity index (χ0v) is 21.5. The summed E-state index contributed by atoms with van der Waals surface area (Å²) in [7, 11) is 4.10. The van der Waals surface area contributed by atoms with Crippen molar-refractivity contribution in [1.82, 2.24) is 14.2 Å². The van der Waals surface area contributed by atoms with Gasteiger partial charge >= 0.3 is 0 Å². The van der Waals surface area contributed by atoms with Crippen molar-refractivity contribution in [2.75, 3.05) is 20.6 Å². The van der Waals surface area contributed by atoms with Crippen molar-refractivity contribution in [2.24, 2.45) is 5.92 Å². The van der Waals surface area contributed by atoms with E-state index in [1.807, 2.05) is 38.3 Å². The lowest BCUT2D eigenvalue weighted by molar-refractivity contribution is 0.305. The van der Waals surface area contributed by atoms with Crippen molar-refractivity contribution in [3.63, 3.8) is 0 Å². The van der Waals surface area contributed by atoms with Crippen LogP contribution < -0.4 is 0 Å². The average Bonchev–Trinajstić information content (AvgIpc) is 3.31. The van der Waals surface area contributed by atoms with Crippen molar-refractivity contribution >= 4 is 17.5 Å². The summed E-state index contributed by atoms with van der Waals surface area (Å²) in [6.45, 7) is 9.24. The molecule has 174 valence electrons. The van der Waals surface area contributed by atoms with E-state index in [9.17, 15) is 0 Å². The maximum Gasteiger partial charge on any atom is 0.0312 e. The molecule has 1 aliphatic carbocycles. The largest absolute Gasteiger partial charge is 0.305 e. The third-order valence-corrected chi connectivity index (χ3v) is 7.73. The molecule has 0 saturated carbocycles. The molecule has 4 heteroatoms. The van der Waals surface area contributed by atoms with Crippen LogP contribution in [0.15, 0.2) is 53.7 Å². The second kappa shape index (κ2) is 12.6. The summed E-state index contributed by atoms with van der Waals surface area (Å²) in [4.78, 5) is 7.61. The summed E-state index contributed by atoms with van der Waals surface area (Å²) in [5.74, 6) is 0.781. The first-order valence-corrected chi connectivity index (χ1v) is 13.0. The third kappa shape index (κ3) is 7.47. The minimum absolute atomic E-state index is 0.649. The maximum absolute atomic E-state index is 4.01. The molecule has 0 saturated heterocycles. The molecular weight excluding hydrogens is 410 g/mol. The van der Waals surface area contributed by atoms with E-state index < -0.39 is 0 Å². The summed E-state index contributed by atoms with van der Waals surface area (Å²) in [6.07, 6.45) is 13.7. The van der Waals surface area contributed by atoms with Crippen LogP contribution >= 0.6 is 11.9 Å². The van der Waals surface area contributed by atoms with Gasteiger partial charge in [-0.25, -0.2) is 4.31 Å². The molecule has 0 amide bonds. The van der Waals surface area contributed by atoms with Gasteiger partial charge in [0.25, 0.3) is 0 Å². The second-order valence-electron chi connectivity index (χ2n) is 9.64. The Morgan fingerprint density at radius 3 is 2.72 bits per heavy atom. The zero-order chi connectivity index (χ0) is 22.9. The molecule has 1 aromatic heterocycles. The lowest BCUT2D eigenvalue weighted by Crippen LogP contribution is -2.31. The van der Waals surface area contributed by atoms with E-state index in [1.54, 1.807) is 17.3 Å². The van der Waals surface area contributed by atoms with Gasteiger partial charge in [-0.15, -0.1) is 0 Å². The Bertz CT molecular complexity index is 862. The zero-order valence-electron chi connectivity index (χ0n) is 20.7. The monoisotopic (exact) mass is 451 g/mol. The summed E-state index contributed by atoms with van der Waals surface area (Å²) < 4.78 is 2.61. The molecule has 2 atom stereocenters. The van der Waals surface area contributed by atoms with Crippen LogP contribution in [0.25, 0.3) is 5.57 Å². The Hall–Kier alpha value is -1.62. The van der Waals surface area contributed by atoms with E-state index in [2.05, 4.69) is 65.3 Å². The van der Waals surface area contributed by atoms with E-state index in [0.717, 1.165) is 12.5 Å². The molecule has 1 aromatic carbocycles. The van der Waals surface area contributed by atoms with Gasteiger partial charge in [0.15, 0.2) is 0 Å². The lowest BCUT2D eigenvalue weighted by Gasteiger charge is -2.32. The first kappa shape index (κ1) is 25.0. The number of aromatic nitrogens is 1. The van der Waals surface area contributed by atoms with Crippen molar-refractivity contribution in [1.29, 1.82) is 0 Å². The Morgan fingerprint density at radius 1 is 1.22 bits per heavy atom. The van der Waals surface area contributed by atoms with Crippen LogP contribution in [0.3, 0.4) is 0 Å². The highest BCUT2D eigenvalue weighted by molar-refractivity contribution is 7.97. The van der Waals surface area contributed by atoms with Gasteiger partial charge in [-0.05, 0) is 112 Å². The molecule has 4 rings (SSSR count). The van der Waals surface area contributed by atoms with E-state index in [0.29, 0.717) is 6.04 Å². The van der Waals surface area contributed by atoms with Crippen LogP contribution in [0.5, 0.6) is 0 Å². The van der Waals surface area contributed by atoms with Gasteiger partial charge in [-0.3, -0.25) is 4.98 Å². The summed E-state index contributed by atoms with van der Waals surface area (Å²) >= 11 is 1.99. The fourth-order valence-electron chi connectivity index (χ4n) is 4.29. The number of hydrogen-bond acceptors (Lipinski definition) is 4. The van der Waals surface area contributed by atoms with Crippen molar-refractivity contribution in [3.8, 4) is 0 Å². The van der Waals surface area contributed by atoms with Crippen molar-refractivity contribution in [3.05, 3.63) is 65.5 Å². The predicted molar refractivity (Wildman–Crippen MR) is 140 cm³/mol. The van der Waals surface area contributed by atoms with Gasteiger partial charge < -0.3 is 4.90 Å². The SMILES string of the molecule is CCC(C)N1CC(C)CCc2cc(C3=CCCC3)ccc2S1.CN(C)Cc1cccnc1. The molecule has 0 N–H and O–H groups in total. The number of nitrogens with zero attached hydrogens (tertiary/aromatic N) is 3. The van der Waals surface area contributed by atoms with Gasteiger partial charge in [0, 0.05) is 36.4 Å². The van der Waals surface area contributed by atoms with Gasteiger partial charge in [-0.1, -0.05) is 38.1 Å². The highest BCUT2D eigenvalue weighted by Gasteiger charge is 2.22. The molecule has 2 heterocycles. The fourth-order valence-corrected chi connectivity index (χ4v) is 5.61. The number of hydrogen-bond donors (Lipinski definition) is 0. The molecule has 1 aliphatic heterocycles. The number of allylic oxidation sites excluding steroid dienone is 2. The van der Waals surface area contributed by atoms with Gasteiger partial charge in [0.05, 0.1) is 0 Å². The van der Waals surface area contributed by atoms with Crippen LogP contribution in [0.2, 0.25) is 0 Å². The Labute approximate surface area is 200 Å². The predicted octanol–water partition coefficient (Wildman–Crippen LogP) is 7.09. The number of rotatable bonds is 5. The molecule has 2 unspecified atom stereocenters. The molecule has 2 aliphatic rings. The second-order valence-corrected chi connectivity index (χ2v) is 10.7. The first-order valence-electron chi connectivity index (χ1n) is 12.3. The molecular formula is C28H41N3S. The normalized spacial score (nSPS) is 19.9. The minimum atomic E-state index is 0.649. The van der Waals surface area contributed by atoms with Crippen molar-refractivity contribution in [2.45, 2.75) is 76.8 Å². The highest BCUT2D eigenvalue weighted by Crippen LogP contribution is 2.36. The van der Waals surface area contributed by atoms with Gasteiger partial charge in [0.2, 0.25) is 0 Å². The molecule has 0 radical (unpaired) electrons. The number of benzene rings is 1. The van der Waals surface area contributed by atoms with Crippen LogP contribution in [-0.4, -0.2) is 40.9 Å². The first-order chi connectivity index (χ1) is 15.5. The fraction of sp³-hybridized carbons (Fsp3) is 0.536. The molecule has 0 bridgehead atoms. The van der Waals surface area contributed by atoms with Crippen molar-refractivity contribution < 1.29 is 0 Å². The number of fused-ring (bicyclic) bond motifs is 1. The lowest BCUT2D eigenvalue weighted by atomic mass is 9.97. The Kier molecular flexibility index (Phi) is 9.83. The van der Waals surface area contributed by atoms with Gasteiger partial charge in [0.1, 0.15) is 0 Å². The molecule has 0 spiro atoms. The molecule has 2 aromatic rings. The van der Waals surface area contributed by atoms with Crippen LogP contribution in [0, 0.1) is 5.92 Å². The number of pyridine rings is 1. The van der Waals surface area contributed by atoms with Crippen LogP contribution in [0.4, 0.5) is 0 Å². The minimum Gasteiger partial charge on any atom is -0.305 e. The van der Waals surface area contributed by atoms with E-state index in [-0.39, 0.29) is 0 Å². The summed E-state index contributed by atoms with van der Waals surface area (Å²) in [5, 5.41) is 0. The third-order valence-electron chi connectivity index (χ3n) is 6.39. The Balaban J connectivity index is 0.000000243. The Morgan fingerprint density at radius 2 is 2.06 bits per heavy atom. The van der Waals surface area contributed by atoms with Crippen LogP contribution in [0.1, 0.15) is 69.6 Å². The highest BCUT2D eigenvalue weighted by atomic mass is 32.2. The van der Waals surface area contributed by atoms with Crippen LogP contribution in [-0.2, 0) is 13.0 Å².